The number of nitrogens with one attached hydrogen (secondary N) is 2. The topological polar surface area (TPSA) is 49.9 Å². The summed E-state index contributed by atoms with van der Waals surface area (Å²) in [4.78, 5) is 0. The summed E-state index contributed by atoms with van der Waals surface area (Å²) >= 11 is 0. The highest BCUT2D eigenvalue weighted by Gasteiger charge is 2.05. The second-order valence-corrected chi connectivity index (χ2v) is 5.63. The summed E-state index contributed by atoms with van der Waals surface area (Å²) in [7, 11) is 0. The first-order valence-corrected chi connectivity index (χ1v) is 7.11. The Balaban J connectivity index is 2.04. The van der Waals surface area contributed by atoms with Crippen LogP contribution in [0.25, 0.3) is 11.3 Å². The fraction of sp³-hybridized carbons (Fsp3) is 0.438. The summed E-state index contributed by atoms with van der Waals surface area (Å²) in [6, 6.07) is 10.1. The number of H-pyrrole nitrogens is 1. The van der Waals surface area contributed by atoms with Gasteiger partial charge in [-0.3, -0.25) is 5.10 Å². The SMILES string of the molecule is CC(C)CNc1cc(-c2ccc(OC(C)C)cc2)[nH]n1. The summed E-state index contributed by atoms with van der Waals surface area (Å²) in [5.41, 5.74) is 2.11. The minimum absolute atomic E-state index is 0.194. The first kappa shape index (κ1) is 14.4. The molecule has 2 rings (SSSR count). The number of aromatic amines is 1. The van der Waals surface area contributed by atoms with Crippen LogP contribution >= 0.6 is 0 Å². The van der Waals surface area contributed by atoms with E-state index in [1.54, 1.807) is 0 Å². The fourth-order valence-electron chi connectivity index (χ4n) is 1.85. The van der Waals surface area contributed by atoms with E-state index < -0.39 is 0 Å². The largest absolute Gasteiger partial charge is 0.491 e. The normalized spacial score (nSPS) is 11.1. The molecule has 2 aromatic rings. The molecule has 0 bridgehead atoms. The molecule has 0 aliphatic heterocycles. The minimum atomic E-state index is 0.194. The van der Waals surface area contributed by atoms with E-state index >= 15 is 0 Å². The third-order valence-electron chi connectivity index (χ3n) is 2.81. The van der Waals surface area contributed by atoms with Gasteiger partial charge in [-0.25, -0.2) is 0 Å². The van der Waals surface area contributed by atoms with Gasteiger partial charge in [0.2, 0.25) is 0 Å². The summed E-state index contributed by atoms with van der Waals surface area (Å²) in [5, 5.41) is 10.6. The second-order valence-electron chi connectivity index (χ2n) is 5.63. The number of benzene rings is 1. The molecule has 0 saturated heterocycles. The van der Waals surface area contributed by atoms with Crippen LogP contribution in [0.15, 0.2) is 30.3 Å². The third-order valence-corrected chi connectivity index (χ3v) is 2.81. The van der Waals surface area contributed by atoms with E-state index in [1.165, 1.54) is 0 Å². The lowest BCUT2D eigenvalue weighted by atomic mass is 10.1. The number of hydrogen-bond acceptors (Lipinski definition) is 3. The Kier molecular flexibility index (Phi) is 4.66. The quantitative estimate of drug-likeness (QED) is 0.838. The Labute approximate surface area is 120 Å². The van der Waals surface area contributed by atoms with Gasteiger partial charge >= 0.3 is 0 Å². The zero-order valence-corrected chi connectivity index (χ0v) is 12.6. The second kappa shape index (κ2) is 6.46. The lowest BCUT2D eigenvalue weighted by molar-refractivity contribution is 0.242. The van der Waals surface area contributed by atoms with Gasteiger partial charge in [-0.2, -0.15) is 5.10 Å². The molecule has 0 spiro atoms. The predicted molar refractivity (Wildman–Crippen MR) is 83.1 cm³/mol. The lowest BCUT2D eigenvalue weighted by Crippen LogP contribution is -2.07. The maximum absolute atomic E-state index is 5.64. The van der Waals surface area contributed by atoms with Crippen LogP contribution in [-0.4, -0.2) is 22.8 Å². The highest BCUT2D eigenvalue weighted by molar-refractivity contribution is 5.63. The van der Waals surface area contributed by atoms with Crippen molar-refractivity contribution in [3.63, 3.8) is 0 Å². The van der Waals surface area contributed by atoms with Crippen molar-refractivity contribution in [3.05, 3.63) is 30.3 Å². The van der Waals surface area contributed by atoms with Gasteiger partial charge in [0.25, 0.3) is 0 Å². The van der Waals surface area contributed by atoms with Crippen molar-refractivity contribution in [2.75, 3.05) is 11.9 Å². The first-order valence-electron chi connectivity index (χ1n) is 7.11. The van der Waals surface area contributed by atoms with Crippen molar-refractivity contribution in [1.82, 2.24) is 10.2 Å². The molecule has 0 aliphatic carbocycles. The van der Waals surface area contributed by atoms with Gasteiger partial charge < -0.3 is 10.1 Å². The van der Waals surface area contributed by atoms with E-state index in [9.17, 15) is 0 Å². The zero-order valence-electron chi connectivity index (χ0n) is 12.6. The van der Waals surface area contributed by atoms with Crippen LogP contribution in [0.3, 0.4) is 0 Å². The van der Waals surface area contributed by atoms with Crippen LogP contribution in [0, 0.1) is 5.92 Å². The minimum Gasteiger partial charge on any atom is -0.491 e. The van der Waals surface area contributed by atoms with Gasteiger partial charge in [0.05, 0.1) is 11.8 Å². The molecule has 4 heteroatoms. The van der Waals surface area contributed by atoms with E-state index in [4.69, 9.17) is 4.74 Å². The Bertz CT molecular complexity index is 529. The molecule has 0 fully saturated rings. The highest BCUT2D eigenvalue weighted by atomic mass is 16.5. The number of rotatable bonds is 6. The Morgan fingerprint density at radius 3 is 2.45 bits per heavy atom. The van der Waals surface area contributed by atoms with Crippen molar-refractivity contribution in [2.24, 2.45) is 5.92 Å². The van der Waals surface area contributed by atoms with Gasteiger partial charge in [-0.1, -0.05) is 13.8 Å². The maximum atomic E-state index is 5.64. The Hall–Kier alpha value is -1.97. The van der Waals surface area contributed by atoms with Gasteiger partial charge in [-0.15, -0.1) is 0 Å². The number of hydrogen-bond donors (Lipinski definition) is 2. The van der Waals surface area contributed by atoms with E-state index in [2.05, 4.69) is 29.4 Å². The Morgan fingerprint density at radius 1 is 1.15 bits per heavy atom. The lowest BCUT2D eigenvalue weighted by Gasteiger charge is -2.09. The molecule has 2 N–H and O–H groups in total. The summed E-state index contributed by atoms with van der Waals surface area (Å²) in [6.45, 7) is 9.32. The molecule has 1 heterocycles. The molecule has 108 valence electrons. The molecule has 0 radical (unpaired) electrons. The molecule has 1 aromatic heterocycles. The smallest absolute Gasteiger partial charge is 0.148 e. The molecular weight excluding hydrogens is 250 g/mol. The number of nitrogens with zero attached hydrogens (tertiary/aromatic N) is 1. The van der Waals surface area contributed by atoms with Crippen LogP contribution in [0.5, 0.6) is 5.75 Å². The molecule has 1 aromatic carbocycles. The van der Waals surface area contributed by atoms with Crippen molar-refractivity contribution in [3.8, 4) is 17.0 Å². The van der Waals surface area contributed by atoms with Crippen molar-refractivity contribution in [1.29, 1.82) is 0 Å². The monoisotopic (exact) mass is 273 g/mol. The van der Waals surface area contributed by atoms with E-state index in [0.717, 1.165) is 29.4 Å². The molecule has 4 nitrogen and oxygen atoms in total. The zero-order chi connectivity index (χ0) is 14.5. The molecule has 20 heavy (non-hydrogen) atoms. The van der Waals surface area contributed by atoms with Crippen LogP contribution in [-0.2, 0) is 0 Å². The average molecular weight is 273 g/mol. The number of ether oxygens (including phenoxy) is 1. The van der Waals surface area contributed by atoms with E-state index in [-0.39, 0.29) is 6.10 Å². The number of anilines is 1. The van der Waals surface area contributed by atoms with Crippen LogP contribution in [0.1, 0.15) is 27.7 Å². The van der Waals surface area contributed by atoms with Gasteiger partial charge in [0.15, 0.2) is 0 Å². The Morgan fingerprint density at radius 2 is 1.85 bits per heavy atom. The van der Waals surface area contributed by atoms with E-state index in [1.807, 2.05) is 44.2 Å². The van der Waals surface area contributed by atoms with Crippen LogP contribution in [0.2, 0.25) is 0 Å². The summed E-state index contributed by atoms with van der Waals surface area (Å²) in [5.74, 6) is 2.38. The fourth-order valence-corrected chi connectivity index (χ4v) is 1.85. The maximum Gasteiger partial charge on any atom is 0.148 e. The molecule has 0 aliphatic rings. The third kappa shape index (κ3) is 4.02. The molecule has 0 atom stereocenters. The molecule has 0 amide bonds. The molecular formula is C16H23N3O. The van der Waals surface area contributed by atoms with Gasteiger partial charge in [0.1, 0.15) is 11.6 Å². The number of aromatic nitrogens is 2. The standard InChI is InChI=1S/C16H23N3O/c1-11(2)10-17-16-9-15(18-19-16)13-5-7-14(8-6-13)20-12(3)4/h5-9,11-12H,10H2,1-4H3,(H2,17,18,19). The first-order chi connectivity index (χ1) is 9.54. The summed E-state index contributed by atoms with van der Waals surface area (Å²) < 4.78 is 5.64. The average Bonchev–Trinajstić information content (AvgIpc) is 2.85. The molecule has 0 unspecified atom stereocenters. The van der Waals surface area contributed by atoms with Crippen LogP contribution < -0.4 is 10.1 Å². The van der Waals surface area contributed by atoms with Crippen molar-refractivity contribution >= 4 is 5.82 Å². The van der Waals surface area contributed by atoms with Crippen LogP contribution in [0.4, 0.5) is 5.82 Å². The molecule has 0 saturated carbocycles. The summed E-state index contributed by atoms with van der Waals surface area (Å²) in [6.07, 6.45) is 0.194. The highest BCUT2D eigenvalue weighted by Crippen LogP contribution is 2.23. The van der Waals surface area contributed by atoms with Gasteiger partial charge in [0, 0.05) is 12.6 Å². The predicted octanol–water partition coefficient (Wildman–Crippen LogP) is 3.93. The van der Waals surface area contributed by atoms with Gasteiger partial charge in [-0.05, 0) is 49.6 Å². The van der Waals surface area contributed by atoms with Crippen molar-refractivity contribution in [2.45, 2.75) is 33.8 Å². The van der Waals surface area contributed by atoms with E-state index in [0.29, 0.717) is 5.92 Å². The van der Waals surface area contributed by atoms with Crippen molar-refractivity contribution < 1.29 is 4.74 Å².